The van der Waals surface area contributed by atoms with Gasteiger partial charge in [-0.25, -0.2) is 15.0 Å². The third-order valence-electron chi connectivity index (χ3n) is 11.0. The van der Waals surface area contributed by atoms with Crippen molar-refractivity contribution in [3.8, 4) is 56.4 Å². The van der Waals surface area contributed by atoms with Gasteiger partial charge in [0.1, 0.15) is 11.2 Å². The fourth-order valence-electron chi connectivity index (χ4n) is 8.32. The minimum Gasteiger partial charge on any atom is -0.456 e. The van der Waals surface area contributed by atoms with E-state index >= 15 is 0 Å². The fraction of sp³-hybridized carbons (Fsp3) is 0. The van der Waals surface area contributed by atoms with Crippen LogP contribution in [0.2, 0.25) is 0 Å². The highest BCUT2D eigenvalue weighted by Crippen LogP contribution is 2.46. The molecule has 266 valence electrons. The number of furan rings is 1. The molecule has 6 heteroatoms. The van der Waals surface area contributed by atoms with Gasteiger partial charge in [0.25, 0.3) is 0 Å². The maximum absolute atomic E-state index is 6.52. The van der Waals surface area contributed by atoms with E-state index in [-0.39, 0.29) is 0 Å². The average molecular weight is 764 g/mol. The van der Waals surface area contributed by atoms with Crippen molar-refractivity contribution in [3.63, 3.8) is 0 Å². The molecule has 0 saturated carbocycles. The van der Waals surface area contributed by atoms with Crippen molar-refractivity contribution in [3.05, 3.63) is 176 Å². The summed E-state index contributed by atoms with van der Waals surface area (Å²) in [7, 11) is 0. The maximum atomic E-state index is 6.52. The molecule has 0 fully saturated rings. The first kappa shape index (κ1) is 32.3. The van der Waals surface area contributed by atoms with Crippen LogP contribution in [0, 0.1) is 0 Å². The zero-order valence-electron chi connectivity index (χ0n) is 30.3. The van der Waals surface area contributed by atoms with Gasteiger partial charge >= 0.3 is 0 Å². The lowest BCUT2D eigenvalue weighted by Crippen LogP contribution is -2.00. The lowest BCUT2D eigenvalue weighted by atomic mass is 9.95. The van der Waals surface area contributed by atoms with Crippen LogP contribution in [-0.4, -0.2) is 15.0 Å². The zero-order valence-corrected chi connectivity index (χ0v) is 31.9. The van der Waals surface area contributed by atoms with E-state index < -0.39 is 0 Å². The van der Waals surface area contributed by atoms with Gasteiger partial charge in [-0.1, -0.05) is 140 Å². The van der Waals surface area contributed by atoms with E-state index in [1.807, 2.05) is 95.5 Å². The van der Waals surface area contributed by atoms with Crippen LogP contribution in [0.25, 0.3) is 119 Å². The van der Waals surface area contributed by atoms with E-state index in [1.165, 1.54) is 57.0 Å². The van der Waals surface area contributed by atoms with Gasteiger partial charge in [0.2, 0.25) is 0 Å². The van der Waals surface area contributed by atoms with Crippen molar-refractivity contribution < 1.29 is 4.42 Å². The van der Waals surface area contributed by atoms with E-state index in [4.69, 9.17) is 19.4 Å². The van der Waals surface area contributed by atoms with Crippen LogP contribution in [0.15, 0.2) is 180 Å². The van der Waals surface area contributed by atoms with Gasteiger partial charge in [-0.15, -0.1) is 22.7 Å². The minimum atomic E-state index is 0.605. The van der Waals surface area contributed by atoms with Crippen LogP contribution in [0.1, 0.15) is 0 Å². The lowest BCUT2D eigenvalue weighted by Gasteiger charge is -2.09. The summed E-state index contributed by atoms with van der Waals surface area (Å²) in [4.78, 5) is 15.1. The molecule has 0 spiro atoms. The van der Waals surface area contributed by atoms with Crippen LogP contribution < -0.4 is 0 Å². The molecule has 4 aromatic heterocycles. The first-order valence-electron chi connectivity index (χ1n) is 18.9. The Morgan fingerprint density at radius 3 is 1.77 bits per heavy atom. The van der Waals surface area contributed by atoms with Crippen LogP contribution in [-0.2, 0) is 0 Å². The predicted octanol–water partition coefficient (Wildman–Crippen LogP) is 14.8. The SMILES string of the molecule is c1ccc(-c2nc(-c3ccccc3)nc(-c3cccc4oc5ccc(-c6cccc7sc8c(-c9ccc%10c(c9)sc9ccccc9%10)cccc8c67)cc5c34)n2)cc1. The minimum absolute atomic E-state index is 0.605. The number of hydrogen-bond donors (Lipinski definition) is 0. The van der Waals surface area contributed by atoms with Crippen molar-refractivity contribution in [2.24, 2.45) is 0 Å². The summed E-state index contributed by atoms with van der Waals surface area (Å²) >= 11 is 3.74. The number of rotatable bonds is 5. The van der Waals surface area contributed by atoms with Crippen molar-refractivity contribution in [2.45, 2.75) is 0 Å². The van der Waals surface area contributed by atoms with Gasteiger partial charge in [0.05, 0.1) is 0 Å². The molecule has 0 amide bonds. The standard InChI is InChI=1S/C51H29N3OS2/c1-3-12-30(13-4-1)49-52-50(31-14-5-2-6-15-31)54-51(53-49)39-20-10-21-42-46(39)40-28-32(25-27-41(40)55-42)34-17-11-23-44-47(34)38-19-9-18-35(48(38)57-44)33-24-26-37-36-16-7-8-22-43(36)56-45(37)29-33/h1-29H. The summed E-state index contributed by atoms with van der Waals surface area (Å²) in [5.74, 6) is 1.86. The van der Waals surface area contributed by atoms with Gasteiger partial charge in [-0.3, -0.25) is 0 Å². The Labute approximate surface area is 335 Å². The zero-order chi connectivity index (χ0) is 37.5. The molecule has 0 aliphatic carbocycles. The molecule has 4 nitrogen and oxygen atoms in total. The van der Waals surface area contributed by atoms with Crippen LogP contribution >= 0.6 is 22.7 Å². The van der Waals surface area contributed by atoms with Crippen LogP contribution in [0.5, 0.6) is 0 Å². The van der Waals surface area contributed by atoms with Crippen LogP contribution in [0.4, 0.5) is 0 Å². The molecule has 0 atom stereocenters. The molecule has 0 unspecified atom stereocenters. The summed E-state index contributed by atoms with van der Waals surface area (Å²) in [5.41, 5.74) is 9.23. The largest absolute Gasteiger partial charge is 0.456 e. The van der Waals surface area contributed by atoms with E-state index in [9.17, 15) is 0 Å². The Morgan fingerprint density at radius 2 is 0.947 bits per heavy atom. The molecule has 0 N–H and O–H groups in total. The van der Waals surface area contributed by atoms with Crippen molar-refractivity contribution in [1.82, 2.24) is 15.0 Å². The molecule has 0 bridgehead atoms. The first-order chi connectivity index (χ1) is 28.2. The summed E-state index contributed by atoms with van der Waals surface area (Å²) in [5, 5.41) is 7.19. The molecule has 12 aromatic rings. The van der Waals surface area contributed by atoms with Crippen molar-refractivity contribution >= 4 is 85.0 Å². The van der Waals surface area contributed by atoms with Gasteiger partial charge in [0, 0.05) is 67.8 Å². The summed E-state index contributed by atoms with van der Waals surface area (Å²) < 4.78 is 11.7. The number of nitrogens with zero attached hydrogens (tertiary/aromatic N) is 3. The van der Waals surface area contributed by atoms with E-state index in [2.05, 4.69) is 103 Å². The second kappa shape index (κ2) is 12.8. The van der Waals surface area contributed by atoms with Gasteiger partial charge in [-0.2, -0.15) is 0 Å². The maximum Gasteiger partial charge on any atom is 0.164 e. The van der Waals surface area contributed by atoms with Crippen molar-refractivity contribution in [1.29, 1.82) is 0 Å². The Morgan fingerprint density at radius 1 is 0.333 bits per heavy atom. The highest BCUT2D eigenvalue weighted by molar-refractivity contribution is 7.26. The molecule has 8 aromatic carbocycles. The highest BCUT2D eigenvalue weighted by atomic mass is 32.1. The van der Waals surface area contributed by atoms with Gasteiger partial charge in [-0.05, 0) is 58.7 Å². The topological polar surface area (TPSA) is 51.8 Å². The number of benzene rings is 8. The lowest BCUT2D eigenvalue weighted by molar-refractivity contribution is 0.669. The molecule has 12 rings (SSSR count). The fourth-order valence-corrected chi connectivity index (χ4v) is 10.7. The van der Waals surface area contributed by atoms with E-state index in [1.54, 1.807) is 0 Å². The number of aromatic nitrogens is 3. The molecule has 0 radical (unpaired) electrons. The normalized spacial score (nSPS) is 11.9. The highest BCUT2D eigenvalue weighted by Gasteiger charge is 2.20. The predicted molar refractivity (Wildman–Crippen MR) is 240 cm³/mol. The monoisotopic (exact) mass is 763 g/mol. The Balaban J connectivity index is 1.03. The third kappa shape index (κ3) is 5.22. The smallest absolute Gasteiger partial charge is 0.164 e. The quantitative estimate of drug-likeness (QED) is 0.175. The second-order valence-electron chi connectivity index (χ2n) is 14.3. The average Bonchev–Trinajstić information content (AvgIpc) is 3.97. The summed E-state index contributed by atoms with van der Waals surface area (Å²) in [6, 6.07) is 62.0. The van der Waals surface area contributed by atoms with E-state index in [0.29, 0.717) is 17.5 Å². The molecule has 4 heterocycles. The Bertz CT molecular complexity index is 3470. The first-order valence-corrected chi connectivity index (χ1v) is 20.6. The van der Waals surface area contributed by atoms with Crippen LogP contribution in [0.3, 0.4) is 0 Å². The third-order valence-corrected chi connectivity index (χ3v) is 13.3. The Hall–Kier alpha value is -6.99. The number of hydrogen-bond acceptors (Lipinski definition) is 6. The summed E-state index contributed by atoms with van der Waals surface area (Å²) in [6.07, 6.45) is 0. The van der Waals surface area contributed by atoms with Gasteiger partial charge < -0.3 is 4.42 Å². The number of fused-ring (bicyclic) bond motifs is 9. The molecule has 57 heavy (non-hydrogen) atoms. The molecule has 0 saturated heterocycles. The summed E-state index contributed by atoms with van der Waals surface area (Å²) in [6.45, 7) is 0. The van der Waals surface area contributed by atoms with Crippen molar-refractivity contribution in [2.75, 3.05) is 0 Å². The van der Waals surface area contributed by atoms with Gasteiger partial charge in [0.15, 0.2) is 17.5 Å². The molecule has 0 aliphatic rings. The molecular formula is C51H29N3OS2. The Kier molecular flexibility index (Phi) is 7.24. The number of thiophene rings is 2. The molecule has 0 aliphatic heterocycles. The second-order valence-corrected chi connectivity index (χ2v) is 16.4. The molecular weight excluding hydrogens is 735 g/mol. The van der Waals surface area contributed by atoms with E-state index in [0.717, 1.165) is 44.2 Å².